The van der Waals surface area contributed by atoms with Gasteiger partial charge in [0.05, 0.1) is 36.5 Å². The van der Waals surface area contributed by atoms with Crippen molar-refractivity contribution in [3.05, 3.63) is 48.0 Å². The van der Waals surface area contributed by atoms with Crippen LogP contribution in [0.2, 0.25) is 0 Å². The minimum absolute atomic E-state index is 0.0857. The molecule has 0 aromatic heterocycles. The number of halogens is 5. The number of aliphatic hydroxyl groups excluding tert-OH is 1. The number of hydrogen-bond acceptors (Lipinski definition) is 6. The lowest BCUT2D eigenvalue weighted by atomic mass is 9.88. The molecule has 2 aliphatic heterocycles. The first kappa shape index (κ1) is 28.5. The summed E-state index contributed by atoms with van der Waals surface area (Å²) in [7, 11) is -3.19. The topological polar surface area (TPSA) is 79.3 Å². The van der Waals surface area contributed by atoms with Crippen molar-refractivity contribution in [3.8, 4) is 5.75 Å². The molecule has 1 atom stereocenters. The summed E-state index contributed by atoms with van der Waals surface area (Å²) in [5, 5.41) is 9.64. The molecule has 2 heterocycles. The van der Waals surface area contributed by atoms with Crippen LogP contribution < -0.4 is 9.64 Å². The van der Waals surface area contributed by atoms with Crippen molar-refractivity contribution in [1.29, 1.82) is 0 Å². The monoisotopic (exact) mass is 564 g/mol. The van der Waals surface area contributed by atoms with E-state index in [1.54, 1.807) is 30.3 Å². The molecule has 2 aromatic rings. The Kier molecular flexibility index (Phi) is 7.69. The van der Waals surface area contributed by atoms with Gasteiger partial charge in [0, 0.05) is 37.8 Å². The molecule has 210 valence electrons. The standard InChI is InChI=1S/C25H29F5N2O5S/c1-23(26,27)9-8-18-12-32(17-6-4-3-5-7-17)20-10-19(25(28,29)30)21(11-22(20)38(34,35)31(18)2)37-16-24(13-33)14-36-15-24/h3-7,10-11,18,33H,8-9,12-16H2,1-2H3/t18-/m1/s1. The van der Waals surface area contributed by atoms with E-state index >= 15 is 0 Å². The Morgan fingerprint density at radius 1 is 1.13 bits per heavy atom. The van der Waals surface area contributed by atoms with Gasteiger partial charge in [-0.15, -0.1) is 0 Å². The molecule has 0 aliphatic carbocycles. The van der Waals surface area contributed by atoms with Gasteiger partial charge in [0.25, 0.3) is 0 Å². The van der Waals surface area contributed by atoms with Crippen molar-refractivity contribution in [2.45, 2.75) is 42.8 Å². The molecule has 0 amide bonds. The molecule has 7 nitrogen and oxygen atoms in total. The van der Waals surface area contributed by atoms with Gasteiger partial charge in [0.15, 0.2) is 0 Å². The summed E-state index contributed by atoms with van der Waals surface area (Å²) in [5.74, 6) is -3.76. The Morgan fingerprint density at radius 2 is 1.79 bits per heavy atom. The van der Waals surface area contributed by atoms with E-state index in [0.717, 1.165) is 23.4 Å². The predicted molar refractivity (Wildman–Crippen MR) is 129 cm³/mol. The van der Waals surface area contributed by atoms with Gasteiger partial charge in [-0.2, -0.15) is 17.5 Å². The summed E-state index contributed by atoms with van der Waals surface area (Å²) in [6, 6.07) is 8.79. The van der Waals surface area contributed by atoms with Gasteiger partial charge in [0.2, 0.25) is 15.9 Å². The lowest BCUT2D eigenvalue weighted by Crippen LogP contribution is -2.50. The number of nitrogens with zero attached hydrogens (tertiary/aromatic N) is 2. The summed E-state index contributed by atoms with van der Waals surface area (Å²) >= 11 is 0. The van der Waals surface area contributed by atoms with Crippen molar-refractivity contribution in [2.24, 2.45) is 5.41 Å². The van der Waals surface area contributed by atoms with Crippen LogP contribution in [0, 0.1) is 5.41 Å². The van der Waals surface area contributed by atoms with Crippen LogP contribution in [0.4, 0.5) is 33.3 Å². The molecule has 2 aromatic carbocycles. The molecule has 13 heteroatoms. The highest BCUT2D eigenvalue weighted by Gasteiger charge is 2.44. The summed E-state index contributed by atoms with van der Waals surface area (Å²) in [6.07, 6.45) is -5.73. The molecule has 0 bridgehead atoms. The smallest absolute Gasteiger partial charge is 0.420 e. The second-order valence-electron chi connectivity index (χ2n) is 9.98. The number of aliphatic hydroxyl groups is 1. The van der Waals surface area contributed by atoms with Crippen LogP contribution in [-0.2, 0) is 20.9 Å². The molecule has 1 N–H and O–H groups in total. The number of sulfonamides is 1. The average molecular weight is 565 g/mol. The van der Waals surface area contributed by atoms with Crippen LogP contribution >= 0.6 is 0 Å². The highest BCUT2D eigenvalue weighted by molar-refractivity contribution is 7.89. The second-order valence-corrected chi connectivity index (χ2v) is 11.9. The summed E-state index contributed by atoms with van der Waals surface area (Å²) in [6.45, 7) is 0.0488. The normalized spacial score (nSPS) is 21.4. The van der Waals surface area contributed by atoms with Crippen molar-refractivity contribution in [1.82, 2.24) is 4.31 Å². The molecule has 0 saturated carbocycles. The summed E-state index contributed by atoms with van der Waals surface area (Å²) in [4.78, 5) is 0.962. The fraction of sp³-hybridized carbons (Fsp3) is 0.520. The fourth-order valence-electron chi connectivity index (χ4n) is 4.47. The number of likely N-dealkylation sites (N-methyl/N-ethyl adjacent to an activating group) is 1. The van der Waals surface area contributed by atoms with Crippen molar-refractivity contribution >= 4 is 21.4 Å². The van der Waals surface area contributed by atoms with E-state index in [-0.39, 0.29) is 45.1 Å². The summed E-state index contributed by atoms with van der Waals surface area (Å²) in [5.41, 5.74) is -1.92. The van der Waals surface area contributed by atoms with Crippen LogP contribution in [0.3, 0.4) is 0 Å². The minimum atomic E-state index is -4.90. The number of anilines is 2. The molecule has 0 unspecified atom stereocenters. The molecular weight excluding hydrogens is 535 g/mol. The van der Waals surface area contributed by atoms with Crippen LogP contribution in [0.1, 0.15) is 25.3 Å². The van der Waals surface area contributed by atoms with E-state index in [1.165, 1.54) is 11.9 Å². The van der Waals surface area contributed by atoms with Gasteiger partial charge in [-0.05, 0) is 31.5 Å². The van der Waals surface area contributed by atoms with Gasteiger partial charge in [-0.1, -0.05) is 18.2 Å². The Bertz CT molecular complexity index is 1240. The Balaban J connectivity index is 1.86. The van der Waals surface area contributed by atoms with Gasteiger partial charge in [-0.3, -0.25) is 0 Å². The van der Waals surface area contributed by atoms with E-state index in [2.05, 4.69) is 0 Å². The molecule has 4 rings (SSSR count). The van der Waals surface area contributed by atoms with Crippen molar-refractivity contribution in [2.75, 3.05) is 44.9 Å². The SMILES string of the molecule is CN1[C@H](CCC(C)(F)F)CN(c2ccccc2)c2cc(C(F)(F)F)c(OCC3(CO)COC3)cc2S1(=O)=O. The van der Waals surface area contributed by atoms with E-state index < -0.39 is 56.2 Å². The molecule has 1 fully saturated rings. The van der Waals surface area contributed by atoms with Crippen molar-refractivity contribution in [3.63, 3.8) is 0 Å². The van der Waals surface area contributed by atoms with Crippen LogP contribution in [0.25, 0.3) is 0 Å². The lowest BCUT2D eigenvalue weighted by Gasteiger charge is -2.39. The molecule has 2 aliphatic rings. The first-order chi connectivity index (χ1) is 17.7. The molecule has 38 heavy (non-hydrogen) atoms. The predicted octanol–water partition coefficient (Wildman–Crippen LogP) is 4.67. The lowest BCUT2D eigenvalue weighted by molar-refractivity contribution is -0.156. The molecule has 0 spiro atoms. The van der Waals surface area contributed by atoms with Crippen LogP contribution in [0.5, 0.6) is 5.75 Å². The van der Waals surface area contributed by atoms with Gasteiger partial charge in [0.1, 0.15) is 17.3 Å². The van der Waals surface area contributed by atoms with Crippen LogP contribution in [0.15, 0.2) is 47.4 Å². The number of ether oxygens (including phenoxy) is 2. The third-order valence-electron chi connectivity index (χ3n) is 6.89. The van der Waals surface area contributed by atoms with Gasteiger partial charge >= 0.3 is 6.18 Å². The maximum Gasteiger partial charge on any atom is 0.420 e. The molecule has 0 radical (unpaired) electrons. The van der Waals surface area contributed by atoms with E-state index in [0.29, 0.717) is 5.69 Å². The number of para-hydroxylation sites is 1. The Labute approximate surface area is 217 Å². The quantitative estimate of drug-likeness (QED) is 0.470. The maximum atomic E-state index is 14.2. The number of alkyl halides is 5. The molecule has 1 saturated heterocycles. The highest BCUT2D eigenvalue weighted by Crippen LogP contribution is 2.46. The van der Waals surface area contributed by atoms with Gasteiger partial charge < -0.3 is 19.5 Å². The van der Waals surface area contributed by atoms with E-state index in [1.807, 2.05) is 0 Å². The maximum absolute atomic E-state index is 14.2. The first-order valence-electron chi connectivity index (χ1n) is 11.9. The van der Waals surface area contributed by atoms with Gasteiger partial charge in [-0.25, -0.2) is 17.2 Å². The zero-order valence-corrected chi connectivity index (χ0v) is 21.7. The fourth-order valence-corrected chi connectivity index (χ4v) is 6.04. The zero-order chi connectivity index (χ0) is 27.9. The average Bonchev–Trinajstić information content (AvgIpc) is 2.89. The van der Waals surface area contributed by atoms with Crippen molar-refractivity contribution < 1.29 is 45.0 Å². The number of benzene rings is 2. The number of fused-ring (bicyclic) bond motifs is 1. The Hall–Kier alpha value is -2.48. The van der Waals surface area contributed by atoms with Crippen LogP contribution in [-0.4, -0.2) is 69.8 Å². The third kappa shape index (κ3) is 5.75. The van der Waals surface area contributed by atoms with E-state index in [9.17, 15) is 35.5 Å². The number of hydrogen-bond donors (Lipinski definition) is 1. The zero-order valence-electron chi connectivity index (χ0n) is 20.8. The van der Waals surface area contributed by atoms with E-state index in [4.69, 9.17) is 9.47 Å². The second kappa shape index (κ2) is 10.2. The third-order valence-corrected chi connectivity index (χ3v) is 8.83. The Morgan fingerprint density at radius 3 is 2.32 bits per heavy atom. The first-order valence-corrected chi connectivity index (χ1v) is 13.4. The number of rotatable bonds is 8. The minimum Gasteiger partial charge on any atom is -0.492 e. The summed E-state index contributed by atoms with van der Waals surface area (Å²) < 4.78 is 109. The highest BCUT2D eigenvalue weighted by atomic mass is 32.2. The largest absolute Gasteiger partial charge is 0.492 e. The molecular formula is C25H29F5N2O5S.